The number of ether oxygens (including phenoxy) is 1. The number of hydrogen-bond acceptors (Lipinski definition) is 6. The minimum atomic E-state index is -1.01. The molecular weight excluding hydrogens is 412 g/mol. The SMILES string of the molecule is Nc1ncnc2c1n(-c1ccc(Oc3ccccc3)cc1)c(=O)n2C1CCN(C(=O)O)C1. The molecule has 0 bridgehead atoms. The summed E-state index contributed by atoms with van der Waals surface area (Å²) in [6.45, 7) is 0.563. The van der Waals surface area contributed by atoms with Crippen LogP contribution in [0.15, 0.2) is 65.7 Å². The number of anilines is 1. The molecule has 0 spiro atoms. The van der Waals surface area contributed by atoms with Crippen molar-refractivity contribution in [1.82, 2.24) is 24.0 Å². The van der Waals surface area contributed by atoms with Gasteiger partial charge in [-0.25, -0.2) is 19.6 Å². The van der Waals surface area contributed by atoms with Gasteiger partial charge in [-0.1, -0.05) is 18.2 Å². The molecule has 0 aliphatic carbocycles. The van der Waals surface area contributed by atoms with Gasteiger partial charge in [0, 0.05) is 13.1 Å². The molecular formula is C22H20N6O4. The maximum Gasteiger partial charge on any atom is 0.407 e. The zero-order valence-electron chi connectivity index (χ0n) is 17.0. The number of para-hydroxylation sites is 1. The summed E-state index contributed by atoms with van der Waals surface area (Å²) in [7, 11) is 0. The van der Waals surface area contributed by atoms with Gasteiger partial charge in [0.05, 0.1) is 11.7 Å². The van der Waals surface area contributed by atoms with Gasteiger partial charge < -0.3 is 20.5 Å². The average Bonchev–Trinajstić information content (AvgIpc) is 3.38. The molecule has 1 fully saturated rings. The number of carbonyl (C=O) groups is 1. The van der Waals surface area contributed by atoms with Gasteiger partial charge in [0.1, 0.15) is 23.3 Å². The number of carboxylic acid groups (broad SMARTS) is 1. The molecule has 5 rings (SSSR count). The summed E-state index contributed by atoms with van der Waals surface area (Å²) >= 11 is 0. The Morgan fingerprint density at radius 3 is 2.47 bits per heavy atom. The average molecular weight is 432 g/mol. The number of hydrogen-bond donors (Lipinski definition) is 2. The van der Waals surface area contributed by atoms with Crippen molar-refractivity contribution < 1.29 is 14.6 Å². The molecule has 1 unspecified atom stereocenters. The molecule has 2 aromatic heterocycles. The van der Waals surface area contributed by atoms with Gasteiger partial charge in [0.25, 0.3) is 0 Å². The monoisotopic (exact) mass is 432 g/mol. The number of fused-ring (bicyclic) bond motifs is 1. The molecule has 3 heterocycles. The molecule has 4 aromatic rings. The van der Waals surface area contributed by atoms with Crippen LogP contribution in [0.2, 0.25) is 0 Å². The van der Waals surface area contributed by atoms with E-state index < -0.39 is 6.09 Å². The summed E-state index contributed by atoms with van der Waals surface area (Å²) in [6, 6.07) is 16.1. The Kier molecular flexibility index (Phi) is 4.74. The van der Waals surface area contributed by atoms with Crippen LogP contribution in [0.25, 0.3) is 16.9 Å². The van der Waals surface area contributed by atoms with Crippen LogP contribution >= 0.6 is 0 Å². The van der Waals surface area contributed by atoms with E-state index in [-0.39, 0.29) is 24.1 Å². The Morgan fingerprint density at radius 1 is 1.06 bits per heavy atom. The second kappa shape index (κ2) is 7.73. The fraction of sp³-hybridized carbons (Fsp3) is 0.182. The first-order valence-electron chi connectivity index (χ1n) is 10.1. The lowest BCUT2D eigenvalue weighted by Gasteiger charge is -2.13. The number of rotatable bonds is 4. The molecule has 32 heavy (non-hydrogen) atoms. The van der Waals surface area contributed by atoms with Crippen LogP contribution in [-0.2, 0) is 0 Å². The zero-order valence-corrected chi connectivity index (χ0v) is 17.0. The van der Waals surface area contributed by atoms with E-state index >= 15 is 0 Å². The standard InChI is InChI=1S/C22H20N6O4/c23-19-18-20(25-13-24-19)28(15-10-11-26(12-15)22(30)31)21(29)27(18)14-6-8-17(9-7-14)32-16-4-2-1-3-5-16/h1-9,13,15H,10-12H2,(H,30,31)(H2,23,24,25). The summed E-state index contributed by atoms with van der Waals surface area (Å²) in [5, 5.41) is 9.30. The van der Waals surface area contributed by atoms with Crippen molar-refractivity contribution in [3.8, 4) is 17.2 Å². The fourth-order valence-corrected chi connectivity index (χ4v) is 4.05. The number of nitrogen functional groups attached to an aromatic ring is 1. The molecule has 1 saturated heterocycles. The number of nitrogens with zero attached hydrogens (tertiary/aromatic N) is 5. The summed E-state index contributed by atoms with van der Waals surface area (Å²) in [6.07, 6.45) is 0.810. The summed E-state index contributed by atoms with van der Waals surface area (Å²) < 4.78 is 8.81. The van der Waals surface area contributed by atoms with Crippen molar-refractivity contribution in [2.24, 2.45) is 0 Å². The minimum absolute atomic E-state index is 0.170. The topological polar surface area (TPSA) is 128 Å². The van der Waals surface area contributed by atoms with E-state index in [1.54, 1.807) is 24.3 Å². The number of benzene rings is 2. The van der Waals surface area contributed by atoms with Gasteiger partial charge in [0.15, 0.2) is 11.5 Å². The summed E-state index contributed by atoms with van der Waals surface area (Å²) in [5.41, 5.74) is 7.13. The van der Waals surface area contributed by atoms with Crippen LogP contribution in [0.4, 0.5) is 10.6 Å². The quantitative estimate of drug-likeness (QED) is 0.507. The maximum absolute atomic E-state index is 13.5. The van der Waals surface area contributed by atoms with Gasteiger partial charge in [-0.05, 0) is 42.8 Å². The van der Waals surface area contributed by atoms with E-state index in [2.05, 4.69) is 9.97 Å². The van der Waals surface area contributed by atoms with E-state index in [9.17, 15) is 14.7 Å². The highest BCUT2D eigenvalue weighted by Gasteiger charge is 2.31. The second-order valence-corrected chi connectivity index (χ2v) is 7.50. The van der Waals surface area contributed by atoms with Gasteiger partial charge >= 0.3 is 11.8 Å². The number of imidazole rings is 1. The highest BCUT2D eigenvalue weighted by molar-refractivity contribution is 5.84. The highest BCUT2D eigenvalue weighted by Crippen LogP contribution is 2.28. The van der Waals surface area contributed by atoms with Crippen molar-refractivity contribution in [1.29, 1.82) is 0 Å². The lowest BCUT2D eigenvalue weighted by Crippen LogP contribution is -2.31. The van der Waals surface area contributed by atoms with Crippen LogP contribution in [0.1, 0.15) is 12.5 Å². The molecule has 10 heteroatoms. The molecule has 2 aromatic carbocycles. The molecule has 3 N–H and O–H groups in total. The van der Waals surface area contributed by atoms with Gasteiger partial charge in [-0.2, -0.15) is 0 Å². The lowest BCUT2D eigenvalue weighted by molar-refractivity contribution is 0.154. The Hall–Kier alpha value is -4.34. The molecule has 1 atom stereocenters. The highest BCUT2D eigenvalue weighted by atomic mass is 16.5. The molecule has 1 amide bonds. The summed E-state index contributed by atoms with van der Waals surface area (Å²) in [4.78, 5) is 34.5. The second-order valence-electron chi connectivity index (χ2n) is 7.50. The third-order valence-electron chi connectivity index (χ3n) is 5.55. The number of aromatic nitrogens is 4. The van der Waals surface area contributed by atoms with Crippen molar-refractivity contribution in [3.05, 3.63) is 71.4 Å². The van der Waals surface area contributed by atoms with Crippen LogP contribution < -0.4 is 16.2 Å². The van der Waals surface area contributed by atoms with Crippen molar-refractivity contribution in [2.45, 2.75) is 12.5 Å². The minimum Gasteiger partial charge on any atom is -0.465 e. The predicted molar refractivity (Wildman–Crippen MR) is 117 cm³/mol. The largest absolute Gasteiger partial charge is 0.465 e. The van der Waals surface area contributed by atoms with Gasteiger partial charge in [0.2, 0.25) is 0 Å². The Labute approximate surface area is 182 Å². The van der Waals surface area contributed by atoms with Gasteiger partial charge in [-0.3, -0.25) is 9.13 Å². The molecule has 10 nitrogen and oxygen atoms in total. The smallest absolute Gasteiger partial charge is 0.407 e. The first-order valence-corrected chi connectivity index (χ1v) is 10.1. The van der Waals surface area contributed by atoms with Crippen molar-refractivity contribution in [3.63, 3.8) is 0 Å². The van der Waals surface area contributed by atoms with E-state index in [1.165, 1.54) is 20.4 Å². The van der Waals surface area contributed by atoms with Crippen LogP contribution in [0.3, 0.4) is 0 Å². The van der Waals surface area contributed by atoms with Crippen LogP contribution in [-0.4, -0.2) is 48.3 Å². The Balaban J connectivity index is 1.57. The summed E-state index contributed by atoms with van der Waals surface area (Å²) in [5.74, 6) is 1.49. The Morgan fingerprint density at radius 2 is 1.78 bits per heavy atom. The normalized spacial score (nSPS) is 15.9. The number of nitrogens with two attached hydrogens (primary N) is 1. The molecule has 0 radical (unpaired) electrons. The first-order chi connectivity index (χ1) is 15.5. The molecule has 1 aliphatic rings. The third kappa shape index (κ3) is 3.31. The maximum atomic E-state index is 13.5. The number of amides is 1. The van der Waals surface area contributed by atoms with Crippen LogP contribution in [0, 0.1) is 0 Å². The third-order valence-corrected chi connectivity index (χ3v) is 5.55. The van der Waals surface area contributed by atoms with E-state index in [0.717, 1.165) is 0 Å². The fourth-order valence-electron chi connectivity index (χ4n) is 4.05. The van der Waals surface area contributed by atoms with Crippen molar-refractivity contribution in [2.75, 3.05) is 18.8 Å². The van der Waals surface area contributed by atoms with Crippen molar-refractivity contribution >= 4 is 23.1 Å². The zero-order chi connectivity index (χ0) is 22.2. The molecule has 1 aliphatic heterocycles. The van der Waals surface area contributed by atoms with E-state index in [0.29, 0.717) is 41.3 Å². The predicted octanol–water partition coefficient (Wildman–Crippen LogP) is 2.88. The molecule has 0 saturated carbocycles. The van der Waals surface area contributed by atoms with Crippen LogP contribution in [0.5, 0.6) is 11.5 Å². The lowest BCUT2D eigenvalue weighted by atomic mass is 10.2. The number of likely N-dealkylation sites (tertiary alicyclic amines) is 1. The van der Waals surface area contributed by atoms with E-state index in [4.69, 9.17) is 10.5 Å². The van der Waals surface area contributed by atoms with E-state index in [1.807, 2.05) is 30.3 Å². The Bertz CT molecular complexity index is 1350. The first kappa shape index (κ1) is 19.6. The molecule has 162 valence electrons. The van der Waals surface area contributed by atoms with Gasteiger partial charge in [-0.15, -0.1) is 0 Å².